The van der Waals surface area contributed by atoms with Crippen molar-refractivity contribution in [2.45, 2.75) is 19.4 Å². The largest absolute Gasteiger partial charge is 0.382 e. The van der Waals surface area contributed by atoms with Gasteiger partial charge in [-0.25, -0.2) is 9.18 Å². The second-order valence-electron chi connectivity index (χ2n) is 5.73. The van der Waals surface area contributed by atoms with E-state index in [-0.39, 0.29) is 18.3 Å². The zero-order chi connectivity index (χ0) is 19.5. The van der Waals surface area contributed by atoms with Gasteiger partial charge in [0.25, 0.3) is 0 Å². The summed E-state index contributed by atoms with van der Waals surface area (Å²) in [4.78, 5) is 24.9. The zero-order valence-corrected chi connectivity index (χ0v) is 16.0. The molecule has 8 heteroatoms. The molecule has 0 fully saturated rings. The third-order valence-electron chi connectivity index (χ3n) is 3.70. The number of urea groups is 1. The first-order valence-corrected chi connectivity index (χ1v) is 9.65. The van der Waals surface area contributed by atoms with Gasteiger partial charge in [0.1, 0.15) is 5.82 Å². The number of ether oxygens (including phenoxy) is 1. The van der Waals surface area contributed by atoms with Gasteiger partial charge in [-0.2, -0.15) is 0 Å². The Balaban J connectivity index is 1.83. The molecule has 27 heavy (non-hydrogen) atoms. The number of rotatable bonds is 10. The molecule has 0 saturated heterocycles. The summed E-state index contributed by atoms with van der Waals surface area (Å²) < 4.78 is 18.4. The standard InChI is InChI=1S/C19H24FN3O3S/c1-2-26-11-4-10-21-19(25)22-13-17(24)23-18(16-5-3-12-27-16)14-6-8-15(20)9-7-14/h3,5-9,12,18H,2,4,10-11,13H2,1H3,(H,23,24)(H2,21,22,25)/t18-/m1/s1. The van der Waals surface area contributed by atoms with Crippen molar-refractivity contribution in [3.05, 3.63) is 58.0 Å². The molecule has 1 atom stereocenters. The van der Waals surface area contributed by atoms with Gasteiger partial charge in [-0.05, 0) is 42.5 Å². The van der Waals surface area contributed by atoms with Crippen LogP contribution in [0.15, 0.2) is 41.8 Å². The summed E-state index contributed by atoms with van der Waals surface area (Å²) in [6.07, 6.45) is 0.707. The van der Waals surface area contributed by atoms with Crippen LogP contribution in [-0.2, 0) is 9.53 Å². The molecule has 0 aliphatic carbocycles. The van der Waals surface area contributed by atoms with Gasteiger partial charge < -0.3 is 20.7 Å². The van der Waals surface area contributed by atoms with Gasteiger partial charge >= 0.3 is 6.03 Å². The molecule has 3 amide bonds. The Hall–Kier alpha value is -2.45. The number of benzene rings is 1. The van der Waals surface area contributed by atoms with Crippen LogP contribution in [0, 0.1) is 5.82 Å². The number of hydrogen-bond acceptors (Lipinski definition) is 4. The predicted octanol–water partition coefficient (Wildman–Crippen LogP) is 2.82. The third kappa shape index (κ3) is 7.36. The number of nitrogens with one attached hydrogen (secondary N) is 3. The fourth-order valence-corrected chi connectivity index (χ4v) is 3.19. The van der Waals surface area contributed by atoms with E-state index in [0.29, 0.717) is 26.2 Å². The first-order chi connectivity index (χ1) is 13.1. The Morgan fingerprint density at radius 1 is 1.19 bits per heavy atom. The molecule has 0 unspecified atom stereocenters. The minimum atomic E-state index is -0.406. The lowest BCUT2D eigenvalue weighted by Crippen LogP contribution is -2.43. The molecule has 3 N–H and O–H groups in total. The highest BCUT2D eigenvalue weighted by Gasteiger charge is 2.18. The summed E-state index contributed by atoms with van der Waals surface area (Å²) in [6.45, 7) is 3.46. The van der Waals surface area contributed by atoms with Crippen molar-refractivity contribution in [1.82, 2.24) is 16.0 Å². The van der Waals surface area contributed by atoms with E-state index in [1.807, 2.05) is 24.4 Å². The molecule has 0 aliphatic rings. The van der Waals surface area contributed by atoms with Crippen LogP contribution in [0.2, 0.25) is 0 Å². The van der Waals surface area contributed by atoms with E-state index < -0.39 is 12.1 Å². The summed E-state index contributed by atoms with van der Waals surface area (Å²) >= 11 is 1.49. The third-order valence-corrected chi connectivity index (χ3v) is 4.64. The predicted molar refractivity (Wildman–Crippen MR) is 103 cm³/mol. The Bertz CT molecular complexity index is 707. The number of amides is 3. The number of thiophene rings is 1. The van der Waals surface area contributed by atoms with E-state index in [1.54, 1.807) is 12.1 Å². The molecular weight excluding hydrogens is 369 g/mol. The molecule has 0 radical (unpaired) electrons. The molecular formula is C19H24FN3O3S. The van der Waals surface area contributed by atoms with E-state index in [2.05, 4.69) is 16.0 Å². The van der Waals surface area contributed by atoms with Crippen molar-refractivity contribution in [2.24, 2.45) is 0 Å². The molecule has 2 aromatic rings. The Kier molecular flexibility index (Phi) is 8.73. The molecule has 1 aromatic heterocycles. The lowest BCUT2D eigenvalue weighted by Gasteiger charge is -2.18. The summed E-state index contributed by atoms with van der Waals surface area (Å²) in [5.41, 5.74) is 0.771. The van der Waals surface area contributed by atoms with Gasteiger partial charge in [0.15, 0.2) is 0 Å². The van der Waals surface area contributed by atoms with Crippen LogP contribution in [0.4, 0.5) is 9.18 Å². The fraction of sp³-hybridized carbons (Fsp3) is 0.368. The molecule has 0 bridgehead atoms. The van der Waals surface area contributed by atoms with Gasteiger partial charge in [-0.3, -0.25) is 4.79 Å². The van der Waals surface area contributed by atoms with Crippen LogP contribution in [0.25, 0.3) is 0 Å². The van der Waals surface area contributed by atoms with Crippen LogP contribution in [0.3, 0.4) is 0 Å². The van der Waals surface area contributed by atoms with Gasteiger partial charge in [-0.15, -0.1) is 11.3 Å². The average Bonchev–Trinajstić information content (AvgIpc) is 3.19. The van der Waals surface area contributed by atoms with Crippen molar-refractivity contribution >= 4 is 23.3 Å². The van der Waals surface area contributed by atoms with Gasteiger partial charge in [-0.1, -0.05) is 18.2 Å². The monoisotopic (exact) mass is 393 g/mol. The van der Waals surface area contributed by atoms with Crippen LogP contribution >= 0.6 is 11.3 Å². The number of carbonyl (C=O) groups is 2. The average molecular weight is 393 g/mol. The zero-order valence-electron chi connectivity index (χ0n) is 15.2. The molecule has 0 saturated carbocycles. The topological polar surface area (TPSA) is 79.5 Å². The highest BCUT2D eigenvalue weighted by molar-refractivity contribution is 7.10. The highest BCUT2D eigenvalue weighted by Crippen LogP contribution is 2.26. The van der Waals surface area contributed by atoms with Crippen LogP contribution in [0.5, 0.6) is 0 Å². The van der Waals surface area contributed by atoms with Crippen molar-refractivity contribution in [3.63, 3.8) is 0 Å². The first kappa shape index (κ1) is 20.9. The molecule has 0 aliphatic heterocycles. The van der Waals surface area contributed by atoms with E-state index in [9.17, 15) is 14.0 Å². The van der Waals surface area contributed by atoms with Gasteiger partial charge in [0.2, 0.25) is 5.91 Å². The van der Waals surface area contributed by atoms with Gasteiger partial charge in [0, 0.05) is 24.6 Å². The maximum absolute atomic E-state index is 13.2. The van der Waals surface area contributed by atoms with E-state index in [0.717, 1.165) is 10.4 Å². The smallest absolute Gasteiger partial charge is 0.315 e. The Labute approximate surface area is 162 Å². The fourth-order valence-electron chi connectivity index (χ4n) is 2.39. The lowest BCUT2D eigenvalue weighted by atomic mass is 10.1. The van der Waals surface area contributed by atoms with E-state index in [1.165, 1.54) is 23.5 Å². The molecule has 0 spiro atoms. The maximum Gasteiger partial charge on any atom is 0.315 e. The second-order valence-corrected chi connectivity index (χ2v) is 6.71. The van der Waals surface area contributed by atoms with Crippen molar-refractivity contribution in [1.29, 1.82) is 0 Å². The number of hydrogen-bond donors (Lipinski definition) is 3. The van der Waals surface area contributed by atoms with Crippen LogP contribution in [-0.4, -0.2) is 38.2 Å². The Morgan fingerprint density at radius 2 is 1.96 bits per heavy atom. The maximum atomic E-state index is 13.2. The quantitative estimate of drug-likeness (QED) is 0.543. The van der Waals surface area contributed by atoms with E-state index in [4.69, 9.17) is 4.74 Å². The summed E-state index contributed by atoms with van der Waals surface area (Å²) in [6, 6.07) is 8.97. The first-order valence-electron chi connectivity index (χ1n) is 8.77. The number of halogens is 1. The van der Waals surface area contributed by atoms with Crippen LogP contribution < -0.4 is 16.0 Å². The second kappa shape index (κ2) is 11.3. The molecule has 1 aromatic carbocycles. The Morgan fingerprint density at radius 3 is 2.63 bits per heavy atom. The minimum absolute atomic E-state index is 0.152. The lowest BCUT2D eigenvalue weighted by molar-refractivity contribution is -0.120. The highest BCUT2D eigenvalue weighted by atomic mass is 32.1. The summed E-state index contributed by atoms with van der Waals surface area (Å²) in [7, 11) is 0. The molecule has 6 nitrogen and oxygen atoms in total. The van der Waals surface area contributed by atoms with Crippen molar-refractivity contribution in [2.75, 3.05) is 26.3 Å². The van der Waals surface area contributed by atoms with Gasteiger partial charge in [0.05, 0.1) is 12.6 Å². The van der Waals surface area contributed by atoms with Crippen molar-refractivity contribution < 1.29 is 18.7 Å². The SMILES string of the molecule is CCOCCCNC(=O)NCC(=O)N[C@H](c1ccc(F)cc1)c1cccs1. The molecule has 1 heterocycles. The van der Waals surface area contributed by atoms with Crippen LogP contribution in [0.1, 0.15) is 29.8 Å². The minimum Gasteiger partial charge on any atom is -0.382 e. The van der Waals surface area contributed by atoms with E-state index >= 15 is 0 Å². The summed E-state index contributed by atoms with van der Waals surface area (Å²) in [5.74, 6) is -0.667. The molecule has 2 rings (SSSR count). The number of carbonyl (C=O) groups excluding carboxylic acids is 2. The molecule has 146 valence electrons. The summed E-state index contributed by atoms with van der Waals surface area (Å²) in [5, 5.41) is 9.98. The normalized spacial score (nSPS) is 11.6. The van der Waals surface area contributed by atoms with Crippen molar-refractivity contribution in [3.8, 4) is 0 Å².